The smallest absolute Gasteiger partial charge is 0.166 e. The topological polar surface area (TPSA) is 0 Å². The van der Waals surface area contributed by atoms with Crippen LogP contribution in [0.25, 0.3) is 17.2 Å². The number of halogens is 6. The second kappa shape index (κ2) is 6.18. The van der Waals surface area contributed by atoms with E-state index in [4.69, 9.17) is 0 Å². The quantitative estimate of drug-likeness (QED) is 0.504. The zero-order valence-corrected chi connectivity index (χ0v) is 14.1. The molecule has 0 unspecified atom stereocenters. The number of hydrogen-bond donors (Lipinski definition) is 0. The molecule has 0 saturated heterocycles. The fourth-order valence-electron chi connectivity index (χ4n) is 3.36. The predicted molar refractivity (Wildman–Crippen MR) is 88.6 cm³/mol. The first-order valence-corrected chi connectivity index (χ1v) is 8.12. The average molecular weight is 370 g/mol. The largest absolute Gasteiger partial charge is 0.416 e. The van der Waals surface area contributed by atoms with E-state index in [1.807, 2.05) is 26.0 Å². The van der Waals surface area contributed by atoms with Gasteiger partial charge in [0.2, 0.25) is 0 Å². The minimum atomic E-state index is -4.86. The van der Waals surface area contributed by atoms with Crippen molar-refractivity contribution in [2.75, 3.05) is 0 Å². The third-order valence-corrected chi connectivity index (χ3v) is 4.54. The summed E-state index contributed by atoms with van der Waals surface area (Å²) in [5.74, 6) is 0. The van der Waals surface area contributed by atoms with E-state index < -0.39 is 23.5 Å². The highest BCUT2D eigenvalue weighted by atomic mass is 19.4. The molecule has 0 saturated carbocycles. The van der Waals surface area contributed by atoms with Crippen molar-refractivity contribution in [3.63, 3.8) is 0 Å². The standard InChI is InChI=1S/C20H16F6/c1-3-12-4-5-13-6-11(2)7-17(13)18(12)14-8-15(19(21,22)23)10-16(9-14)20(24,25)26/h4-5,7-10H,3,6H2,1-2H3. The van der Waals surface area contributed by atoms with Crippen molar-refractivity contribution in [1.29, 1.82) is 0 Å². The first-order valence-electron chi connectivity index (χ1n) is 8.12. The van der Waals surface area contributed by atoms with Crippen LogP contribution in [-0.2, 0) is 25.2 Å². The Morgan fingerprint density at radius 1 is 0.885 bits per heavy atom. The molecular formula is C20H16F6. The van der Waals surface area contributed by atoms with E-state index >= 15 is 0 Å². The molecule has 1 aliphatic rings. The summed E-state index contributed by atoms with van der Waals surface area (Å²) in [6, 6.07) is 5.47. The highest BCUT2D eigenvalue weighted by Gasteiger charge is 2.37. The van der Waals surface area contributed by atoms with E-state index in [1.165, 1.54) is 0 Å². The lowest BCUT2D eigenvalue weighted by atomic mass is 9.89. The van der Waals surface area contributed by atoms with Gasteiger partial charge in [-0.25, -0.2) is 0 Å². The Labute approximate surface area is 147 Å². The summed E-state index contributed by atoms with van der Waals surface area (Å²) in [6.45, 7) is 3.72. The molecule has 0 fully saturated rings. The van der Waals surface area contributed by atoms with Crippen LogP contribution in [0.5, 0.6) is 0 Å². The number of hydrogen-bond acceptors (Lipinski definition) is 0. The highest BCUT2D eigenvalue weighted by molar-refractivity contribution is 5.83. The minimum Gasteiger partial charge on any atom is -0.166 e. The van der Waals surface area contributed by atoms with Crippen LogP contribution in [0.3, 0.4) is 0 Å². The molecule has 0 atom stereocenters. The van der Waals surface area contributed by atoms with Crippen LogP contribution in [0.1, 0.15) is 41.7 Å². The van der Waals surface area contributed by atoms with Crippen molar-refractivity contribution in [3.8, 4) is 11.1 Å². The van der Waals surface area contributed by atoms with Gasteiger partial charge in [0.05, 0.1) is 11.1 Å². The molecule has 2 aromatic rings. The summed E-state index contributed by atoms with van der Waals surface area (Å²) in [7, 11) is 0. The Kier molecular flexibility index (Phi) is 4.41. The van der Waals surface area contributed by atoms with E-state index in [0.29, 0.717) is 24.0 Å². The van der Waals surface area contributed by atoms with Gasteiger partial charge >= 0.3 is 12.4 Å². The summed E-state index contributed by atoms with van der Waals surface area (Å²) in [5.41, 5.74) is 1.21. The summed E-state index contributed by atoms with van der Waals surface area (Å²) in [4.78, 5) is 0. The van der Waals surface area contributed by atoms with Crippen molar-refractivity contribution in [1.82, 2.24) is 0 Å². The van der Waals surface area contributed by atoms with Crippen LogP contribution in [0, 0.1) is 0 Å². The summed E-state index contributed by atoms with van der Waals surface area (Å²) < 4.78 is 79.1. The molecule has 0 radical (unpaired) electrons. The normalized spacial score (nSPS) is 14.4. The minimum absolute atomic E-state index is 0.0493. The van der Waals surface area contributed by atoms with Crippen LogP contribution >= 0.6 is 0 Å². The maximum Gasteiger partial charge on any atom is 0.416 e. The number of alkyl halides is 6. The van der Waals surface area contributed by atoms with Gasteiger partial charge in [-0.1, -0.05) is 30.7 Å². The second-order valence-electron chi connectivity index (χ2n) is 6.49. The first kappa shape index (κ1) is 18.5. The Bertz CT molecular complexity index is 852. The number of aryl methyl sites for hydroxylation is 1. The molecule has 6 heteroatoms. The van der Waals surface area contributed by atoms with E-state index in [9.17, 15) is 26.3 Å². The monoisotopic (exact) mass is 370 g/mol. The SMILES string of the molecule is CCc1ccc2c(c1-c1cc(C(F)(F)F)cc(C(F)(F)F)c1)C=C(C)C2. The molecular weight excluding hydrogens is 354 g/mol. The van der Waals surface area contributed by atoms with Crippen molar-refractivity contribution >= 4 is 6.08 Å². The van der Waals surface area contributed by atoms with Crippen LogP contribution in [-0.4, -0.2) is 0 Å². The van der Waals surface area contributed by atoms with Gasteiger partial charge in [0.25, 0.3) is 0 Å². The third-order valence-electron chi connectivity index (χ3n) is 4.54. The van der Waals surface area contributed by atoms with Crippen LogP contribution < -0.4 is 0 Å². The van der Waals surface area contributed by atoms with Gasteiger partial charge in [-0.3, -0.25) is 0 Å². The molecule has 2 aromatic carbocycles. The van der Waals surface area contributed by atoms with Crippen molar-refractivity contribution in [2.45, 2.75) is 39.0 Å². The van der Waals surface area contributed by atoms with E-state index in [2.05, 4.69) is 0 Å². The zero-order chi connectivity index (χ0) is 19.3. The van der Waals surface area contributed by atoms with Crippen LogP contribution in [0.4, 0.5) is 26.3 Å². The second-order valence-corrected chi connectivity index (χ2v) is 6.49. The Balaban J connectivity index is 2.33. The summed E-state index contributed by atoms with van der Waals surface area (Å²) >= 11 is 0. The molecule has 0 aromatic heterocycles. The fourth-order valence-corrected chi connectivity index (χ4v) is 3.36. The molecule has 0 N–H and O–H groups in total. The first-order chi connectivity index (χ1) is 12.0. The van der Waals surface area contributed by atoms with Crippen LogP contribution in [0.2, 0.25) is 0 Å². The molecule has 0 heterocycles. The lowest BCUT2D eigenvalue weighted by molar-refractivity contribution is -0.143. The maximum atomic E-state index is 13.2. The van der Waals surface area contributed by atoms with Crippen LogP contribution in [0.15, 0.2) is 35.9 Å². The number of rotatable bonds is 2. The Morgan fingerprint density at radius 3 is 1.96 bits per heavy atom. The molecule has 26 heavy (non-hydrogen) atoms. The Morgan fingerprint density at radius 2 is 1.46 bits per heavy atom. The lowest BCUT2D eigenvalue weighted by Crippen LogP contribution is -2.11. The highest BCUT2D eigenvalue weighted by Crippen LogP contribution is 2.42. The van der Waals surface area contributed by atoms with Gasteiger partial charge in [0, 0.05) is 0 Å². The molecule has 138 valence electrons. The van der Waals surface area contributed by atoms with Gasteiger partial charge in [-0.2, -0.15) is 26.3 Å². The van der Waals surface area contributed by atoms with E-state index in [1.54, 1.807) is 6.07 Å². The lowest BCUT2D eigenvalue weighted by Gasteiger charge is -2.18. The zero-order valence-electron chi connectivity index (χ0n) is 14.1. The fraction of sp³-hybridized carbons (Fsp3) is 0.300. The average Bonchev–Trinajstić information content (AvgIpc) is 2.91. The van der Waals surface area contributed by atoms with Gasteiger partial charge in [0.15, 0.2) is 0 Å². The van der Waals surface area contributed by atoms with E-state index in [0.717, 1.165) is 28.8 Å². The summed E-state index contributed by atoms with van der Waals surface area (Å²) in [6.07, 6.45) is -6.71. The van der Waals surface area contributed by atoms with Crippen molar-refractivity contribution in [2.24, 2.45) is 0 Å². The Hall–Kier alpha value is -2.24. The number of fused-ring (bicyclic) bond motifs is 1. The maximum absolute atomic E-state index is 13.2. The predicted octanol–water partition coefficient (Wildman–Crippen LogP) is 6.91. The van der Waals surface area contributed by atoms with Gasteiger partial charge in [-0.05, 0) is 65.8 Å². The molecule has 0 nitrogen and oxygen atoms in total. The van der Waals surface area contributed by atoms with Crippen molar-refractivity contribution < 1.29 is 26.3 Å². The molecule has 3 rings (SSSR count). The number of allylic oxidation sites excluding steroid dienone is 1. The molecule has 1 aliphatic carbocycles. The number of benzene rings is 2. The third kappa shape index (κ3) is 3.37. The van der Waals surface area contributed by atoms with Crippen molar-refractivity contribution in [3.05, 3.63) is 63.7 Å². The van der Waals surface area contributed by atoms with Gasteiger partial charge < -0.3 is 0 Å². The van der Waals surface area contributed by atoms with E-state index in [-0.39, 0.29) is 11.6 Å². The van der Waals surface area contributed by atoms with Gasteiger partial charge in [-0.15, -0.1) is 0 Å². The molecule has 0 bridgehead atoms. The summed E-state index contributed by atoms with van der Waals surface area (Å²) in [5, 5.41) is 0. The van der Waals surface area contributed by atoms with Gasteiger partial charge in [0.1, 0.15) is 0 Å². The molecule has 0 amide bonds. The molecule has 0 aliphatic heterocycles. The molecule has 0 spiro atoms.